The minimum Gasteiger partial charge on any atom is -0.481 e. The fourth-order valence-electron chi connectivity index (χ4n) is 1.54. The number of carboxylic acid groups (broad SMARTS) is 1. The first-order valence-corrected chi connectivity index (χ1v) is 5.13. The maximum Gasteiger partial charge on any atom is 0.309 e. The molecule has 0 aliphatic heterocycles. The van der Waals surface area contributed by atoms with E-state index in [1.165, 1.54) is 0 Å². The fraction of sp³-hybridized carbons (Fsp3) is 0.636. The molecule has 0 saturated carbocycles. The van der Waals surface area contributed by atoms with Gasteiger partial charge < -0.3 is 5.11 Å². The van der Waals surface area contributed by atoms with Crippen molar-refractivity contribution in [3.05, 3.63) is 17.5 Å². The normalized spacial score (nSPS) is 11.7. The molecule has 1 heterocycles. The zero-order valence-corrected chi connectivity index (χ0v) is 9.74. The van der Waals surface area contributed by atoms with Crippen LogP contribution in [0.2, 0.25) is 0 Å². The lowest BCUT2D eigenvalue weighted by Gasteiger charge is -2.19. The predicted octanol–water partition coefficient (Wildman–Crippen LogP) is 1.86. The Kier molecular flexibility index (Phi) is 3.17. The summed E-state index contributed by atoms with van der Waals surface area (Å²) in [6.45, 7) is 8.17. The van der Waals surface area contributed by atoms with Gasteiger partial charge in [-0.3, -0.25) is 9.48 Å². The highest BCUT2D eigenvalue weighted by molar-refractivity contribution is 5.73. The van der Waals surface area contributed by atoms with Crippen LogP contribution in [-0.2, 0) is 17.8 Å². The van der Waals surface area contributed by atoms with Gasteiger partial charge in [-0.2, -0.15) is 5.10 Å². The molecular formula is C11H18N2O2. The summed E-state index contributed by atoms with van der Waals surface area (Å²) in [5.74, 6) is -0.774. The first kappa shape index (κ1) is 11.8. The third-order valence-electron chi connectivity index (χ3n) is 2.49. The van der Waals surface area contributed by atoms with E-state index in [1.807, 2.05) is 24.6 Å². The molecule has 0 bridgehead atoms. The van der Waals surface area contributed by atoms with E-state index < -0.39 is 11.4 Å². The van der Waals surface area contributed by atoms with Crippen molar-refractivity contribution in [2.24, 2.45) is 5.41 Å². The molecule has 0 radical (unpaired) electrons. The fourth-order valence-corrected chi connectivity index (χ4v) is 1.54. The van der Waals surface area contributed by atoms with Crippen LogP contribution in [0.1, 0.15) is 32.2 Å². The number of hydrogen-bond donors (Lipinski definition) is 1. The Bertz CT molecular complexity index is 367. The number of nitrogens with zero attached hydrogens (tertiary/aromatic N) is 2. The minimum atomic E-state index is -0.774. The molecule has 0 aromatic carbocycles. The van der Waals surface area contributed by atoms with E-state index >= 15 is 0 Å². The molecule has 84 valence electrons. The summed E-state index contributed by atoms with van der Waals surface area (Å²) < 4.78 is 1.86. The lowest BCUT2D eigenvalue weighted by Crippen LogP contribution is -2.27. The third kappa shape index (κ3) is 2.58. The number of aryl methyl sites for hydroxylation is 2. The van der Waals surface area contributed by atoms with Crippen molar-refractivity contribution in [2.75, 3.05) is 0 Å². The monoisotopic (exact) mass is 210 g/mol. The van der Waals surface area contributed by atoms with E-state index in [-0.39, 0.29) is 0 Å². The second-order valence-corrected chi connectivity index (χ2v) is 4.46. The summed E-state index contributed by atoms with van der Waals surface area (Å²) in [6.07, 6.45) is 0.511. The highest BCUT2D eigenvalue weighted by atomic mass is 16.4. The molecule has 1 rings (SSSR count). The molecule has 0 amide bonds. The quantitative estimate of drug-likeness (QED) is 0.825. The lowest BCUT2D eigenvalue weighted by atomic mass is 9.88. The van der Waals surface area contributed by atoms with E-state index in [0.717, 1.165) is 17.9 Å². The average Bonchev–Trinajstić information content (AvgIpc) is 2.44. The van der Waals surface area contributed by atoms with Gasteiger partial charge in [0.25, 0.3) is 0 Å². The summed E-state index contributed by atoms with van der Waals surface area (Å²) in [5, 5.41) is 13.3. The van der Waals surface area contributed by atoms with E-state index in [0.29, 0.717) is 6.42 Å². The van der Waals surface area contributed by atoms with Gasteiger partial charge in [0.1, 0.15) is 0 Å². The number of aliphatic carboxylic acids is 1. The van der Waals surface area contributed by atoms with Crippen LogP contribution in [0.3, 0.4) is 0 Å². The molecule has 0 aliphatic carbocycles. The van der Waals surface area contributed by atoms with Gasteiger partial charge in [0.2, 0.25) is 0 Å². The van der Waals surface area contributed by atoms with Crippen LogP contribution in [0.25, 0.3) is 0 Å². The summed E-state index contributed by atoms with van der Waals surface area (Å²) in [7, 11) is 0. The van der Waals surface area contributed by atoms with Gasteiger partial charge in [0.15, 0.2) is 0 Å². The highest BCUT2D eigenvalue weighted by Crippen LogP contribution is 2.22. The minimum absolute atomic E-state index is 0.511. The molecule has 0 fully saturated rings. The molecule has 0 aliphatic rings. The topological polar surface area (TPSA) is 55.1 Å². The number of carboxylic acids is 1. The van der Waals surface area contributed by atoms with Crippen LogP contribution in [0.4, 0.5) is 0 Å². The smallest absolute Gasteiger partial charge is 0.309 e. The first-order valence-electron chi connectivity index (χ1n) is 5.13. The third-order valence-corrected chi connectivity index (χ3v) is 2.49. The van der Waals surface area contributed by atoms with Crippen molar-refractivity contribution in [1.29, 1.82) is 0 Å². The standard InChI is InChI=1S/C11H18N2O2/c1-5-13-9(6-8(2)12-13)7-11(3,4)10(14)15/h6H,5,7H2,1-4H3,(H,14,15). The van der Waals surface area contributed by atoms with E-state index in [4.69, 9.17) is 5.11 Å². The molecule has 1 aromatic heterocycles. The van der Waals surface area contributed by atoms with E-state index in [2.05, 4.69) is 5.10 Å². The van der Waals surface area contributed by atoms with Gasteiger partial charge in [-0.15, -0.1) is 0 Å². The van der Waals surface area contributed by atoms with Gasteiger partial charge in [0.05, 0.1) is 11.1 Å². The number of carbonyl (C=O) groups is 1. The number of rotatable bonds is 4. The zero-order valence-electron chi connectivity index (χ0n) is 9.74. The molecule has 15 heavy (non-hydrogen) atoms. The van der Waals surface area contributed by atoms with E-state index in [9.17, 15) is 4.79 Å². The largest absolute Gasteiger partial charge is 0.481 e. The van der Waals surface area contributed by atoms with Gasteiger partial charge in [-0.05, 0) is 33.8 Å². The Hall–Kier alpha value is -1.32. The predicted molar refractivity (Wildman–Crippen MR) is 57.8 cm³/mol. The van der Waals surface area contributed by atoms with Gasteiger partial charge in [0, 0.05) is 18.7 Å². The molecule has 1 aromatic rings. The van der Waals surface area contributed by atoms with Crippen LogP contribution >= 0.6 is 0 Å². The van der Waals surface area contributed by atoms with E-state index in [1.54, 1.807) is 13.8 Å². The van der Waals surface area contributed by atoms with Crippen molar-refractivity contribution in [3.8, 4) is 0 Å². The van der Waals surface area contributed by atoms with Crippen LogP contribution < -0.4 is 0 Å². The molecule has 1 N–H and O–H groups in total. The number of hydrogen-bond acceptors (Lipinski definition) is 2. The van der Waals surface area contributed by atoms with Crippen LogP contribution in [-0.4, -0.2) is 20.9 Å². The summed E-state index contributed by atoms with van der Waals surface area (Å²) in [4.78, 5) is 11.0. The Morgan fingerprint density at radius 1 is 1.60 bits per heavy atom. The second kappa shape index (κ2) is 4.04. The highest BCUT2D eigenvalue weighted by Gasteiger charge is 2.28. The van der Waals surface area contributed by atoms with Gasteiger partial charge in [-0.1, -0.05) is 0 Å². The Balaban J connectivity index is 2.93. The van der Waals surface area contributed by atoms with Crippen molar-refractivity contribution >= 4 is 5.97 Å². The van der Waals surface area contributed by atoms with Crippen molar-refractivity contribution < 1.29 is 9.90 Å². The summed E-state index contributed by atoms with van der Waals surface area (Å²) in [5.41, 5.74) is 1.19. The molecule has 0 unspecified atom stereocenters. The van der Waals surface area contributed by atoms with Crippen LogP contribution in [0, 0.1) is 12.3 Å². The Labute approximate surface area is 89.9 Å². The van der Waals surface area contributed by atoms with Crippen molar-refractivity contribution in [3.63, 3.8) is 0 Å². The molecule has 0 saturated heterocycles. The number of aromatic nitrogens is 2. The molecule has 4 heteroatoms. The maximum absolute atomic E-state index is 11.0. The second-order valence-electron chi connectivity index (χ2n) is 4.46. The average molecular weight is 210 g/mol. The Morgan fingerprint density at radius 2 is 2.20 bits per heavy atom. The van der Waals surface area contributed by atoms with Crippen molar-refractivity contribution in [2.45, 2.75) is 40.7 Å². The summed E-state index contributed by atoms with van der Waals surface area (Å²) >= 11 is 0. The molecule has 4 nitrogen and oxygen atoms in total. The molecular weight excluding hydrogens is 192 g/mol. The maximum atomic E-state index is 11.0. The first-order chi connectivity index (χ1) is 6.86. The SMILES string of the molecule is CCn1nc(C)cc1CC(C)(C)C(=O)O. The van der Waals surface area contributed by atoms with Crippen LogP contribution in [0.15, 0.2) is 6.07 Å². The molecule has 0 atom stereocenters. The molecule has 0 spiro atoms. The van der Waals surface area contributed by atoms with Crippen molar-refractivity contribution in [1.82, 2.24) is 9.78 Å². The van der Waals surface area contributed by atoms with Crippen LogP contribution in [0.5, 0.6) is 0 Å². The summed E-state index contributed by atoms with van der Waals surface area (Å²) in [6, 6.07) is 1.95. The Morgan fingerprint density at radius 3 is 2.67 bits per heavy atom. The zero-order chi connectivity index (χ0) is 11.6. The van der Waals surface area contributed by atoms with Gasteiger partial charge in [-0.25, -0.2) is 0 Å². The lowest BCUT2D eigenvalue weighted by molar-refractivity contribution is -0.146. The van der Waals surface area contributed by atoms with Gasteiger partial charge >= 0.3 is 5.97 Å².